The predicted molar refractivity (Wildman–Crippen MR) is 103 cm³/mol. The average Bonchev–Trinajstić information content (AvgIpc) is 2.61. The Morgan fingerprint density at radius 3 is 2.40 bits per heavy atom. The highest BCUT2D eigenvalue weighted by molar-refractivity contribution is 5.76. The highest BCUT2D eigenvalue weighted by Gasteiger charge is 2.06. The normalized spacial score (nSPS) is 12.2. The van der Waals surface area contributed by atoms with Crippen molar-refractivity contribution in [3.63, 3.8) is 0 Å². The first-order valence-corrected chi connectivity index (χ1v) is 8.22. The minimum atomic E-state index is 0.161. The van der Waals surface area contributed by atoms with Gasteiger partial charge in [0.05, 0.1) is 0 Å². The average molecular weight is 331 g/mol. The van der Waals surface area contributed by atoms with Gasteiger partial charge in [-0.2, -0.15) is 0 Å². The van der Waals surface area contributed by atoms with Gasteiger partial charge in [0.1, 0.15) is 5.78 Å². The number of allylic oxidation sites excluding steroid dienone is 2. The molecule has 0 fully saturated rings. The SMILES string of the molecule is CC(=O)CC(/C=C/c1ccc(N=[N+]=[N-])cc1)C/C=C/c1ccccc1. The van der Waals surface area contributed by atoms with E-state index in [1.807, 2.05) is 36.4 Å². The standard InChI is InChI=1S/C21H21N3O/c1-17(25)16-20(9-5-8-18-6-3-2-4-7-18)11-10-19-12-14-21(15-13-19)23-24-22/h2-8,10-15,20H,9,16H2,1H3/b8-5+,11-10+. The van der Waals surface area contributed by atoms with Crippen LogP contribution in [0.25, 0.3) is 22.6 Å². The molecule has 25 heavy (non-hydrogen) atoms. The van der Waals surface area contributed by atoms with Crippen molar-refractivity contribution in [2.75, 3.05) is 0 Å². The van der Waals surface area contributed by atoms with E-state index in [4.69, 9.17) is 5.53 Å². The van der Waals surface area contributed by atoms with Crippen molar-refractivity contribution in [3.8, 4) is 0 Å². The number of azide groups is 1. The summed E-state index contributed by atoms with van der Waals surface area (Å²) in [6.45, 7) is 1.62. The Kier molecular flexibility index (Phi) is 7.23. The number of carbonyl (C=O) groups excluding carboxylic acids is 1. The zero-order valence-corrected chi connectivity index (χ0v) is 14.2. The Hall–Kier alpha value is -3.10. The number of Topliss-reactive ketones (excluding diaryl/α,β-unsaturated/α-hetero) is 1. The lowest BCUT2D eigenvalue weighted by Crippen LogP contribution is -2.01. The van der Waals surface area contributed by atoms with Crippen LogP contribution >= 0.6 is 0 Å². The van der Waals surface area contributed by atoms with Gasteiger partial charge in [0.2, 0.25) is 0 Å². The summed E-state index contributed by atoms with van der Waals surface area (Å²) in [5.74, 6) is 0.343. The fourth-order valence-electron chi connectivity index (χ4n) is 2.49. The maximum atomic E-state index is 11.5. The highest BCUT2D eigenvalue weighted by Crippen LogP contribution is 2.18. The van der Waals surface area contributed by atoms with Gasteiger partial charge < -0.3 is 4.79 Å². The summed E-state index contributed by atoms with van der Waals surface area (Å²) in [6.07, 6.45) is 9.59. The monoisotopic (exact) mass is 331 g/mol. The van der Waals surface area contributed by atoms with E-state index >= 15 is 0 Å². The van der Waals surface area contributed by atoms with Crippen LogP contribution in [-0.4, -0.2) is 5.78 Å². The quantitative estimate of drug-likeness (QED) is 0.316. The van der Waals surface area contributed by atoms with Gasteiger partial charge >= 0.3 is 0 Å². The molecular weight excluding hydrogens is 310 g/mol. The van der Waals surface area contributed by atoms with Crippen molar-refractivity contribution in [1.82, 2.24) is 0 Å². The van der Waals surface area contributed by atoms with Crippen LogP contribution in [-0.2, 0) is 4.79 Å². The Labute approximate surface area is 148 Å². The second-order valence-electron chi connectivity index (χ2n) is 5.86. The molecular formula is C21H21N3O. The van der Waals surface area contributed by atoms with E-state index in [9.17, 15) is 4.79 Å². The first-order chi connectivity index (χ1) is 12.2. The number of carbonyl (C=O) groups is 1. The summed E-state index contributed by atoms with van der Waals surface area (Å²) in [6, 6.07) is 17.4. The van der Waals surface area contributed by atoms with Crippen molar-refractivity contribution in [2.24, 2.45) is 11.0 Å². The molecule has 0 saturated carbocycles. The minimum Gasteiger partial charge on any atom is -0.300 e. The van der Waals surface area contributed by atoms with Crippen LogP contribution in [0.4, 0.5) is 5.69 Å². The third-order valence-electron chi connectivity index (χ3n) is 3.71. The van der Waals surface area contributed by atoms with Gasteiger partial charge in [0.25, 0.3) is 0 Å². The van der Waals surface area contributed by atoms with Gasteiger partial charge in [0.15, 0.2) is 0 Å². The van der Waals surface area contributed by atoms with Crippen molar-refractivity contribution in [1.29, 1.82) is 0 Å². The van der Waals surface area contributed by atoms with Gasteiger partial charge in [-0.25, -0.2) is 0 Å². The fourth-order valence-corrected chi connectivity index (χ4v) is 2.49. The van der Waals surface area contributed by atoms with E-state index in [-0.39, 0.29) is 11.7 Å². The lowest BCUT2D eigenvalue weighted by molar-refractivity contribution is -0.117. The van der Waals surface area contributed by atoms with E-state index < -0.39 is 0 Å². The Bertz CT molecular complexity index is 786. The zero-order valence-electron chi connectivity index (χ0n) is 14.2. The number of nitrogens with zero attached hydrogens (tertiary/aromatic N) is 3. The second kappa shape index (κ2) is 9.91. The van der Waals surface area contributed by atoms with Crippen LogP contribution in [0.15, 0.2) is 71.9 Å². The maximum Gasteiger partial charge on any atom is 0.130 e. The van der Waals surface area contributed by atoms with Crippen LogP contribution in [0.2, 0.25) is 0 Å². The molecule has 126 valence electrons. The van der Waals surface area contributed by atoms with E-state index in [0.717, 1.165) is 17.5 Å². The highest BCUT2D eigenvalue weighted by atomic mass is 16.1. The summed E-state index contributed by atoms with van der Waals surface area (Å²) in [7, 11) is 0. The van der Waals surface area contributed by atoms with Crippen LogP contribution in [0, 0.1) is 5.92 Å². The summed E-state index contributed by atoms with van der Waals surface area (Å²) in [4.78, 5) is 14.3. The first kappa shape index (κ1) is 18.2. The molecule has 4 heteroatoms. The van der Waals surface area contributed by atoms with E-state index in [0.29, 0.717) is 12.1 Å². The molecule has 0 spiro atoms. The molecule has 1 atom stereocenters. The lowest BCUT2D eigenvalue weighted by atomic mass is 9.97. The van der Waals surface area contributed by atoms with Crippen LogP contribution < -0.4 is 0 Å². The molecule has 0 aromatic heterocycles. The molecule has 2 aromatic carbocycles. The Morgan fingerprint density at radius 2 is 1.76 bits per heavy atom. The molecule has 0 aliphatic heterocycles. The molecule has 0 radical (unpaired) electrons. The minimum absolute atomic E-state index is 0.161. The van der Waals surface area contributed by atoms with Crippen molar-refractivity contribution >= 4 is 23.6 Å². The smallest absolute Gasteiger partial charge is 0.130 e. The van der Waals surface area contributed by atoms with Gasteiger partial charge in [0, 0.05) is 17.0 Å². The van der Waals surface area contributed by atoms with E-state index in [1.165, 1.54) is 0 Å². The second-order valence-corrected chi connectivity index (χ2v) is 5.86. The Balaban J connectivity index is 2.02. The third kappa shape index (κ3) is 6.90. The summed E-state index contributed by atoms with van der Waals surface area (Å²) < 4.78 is 0. The number of hydrogen-bond donors (Lipinski definition) is 0. The third-order valence-corrected chi connectivity index (χ3v) is 3.71. The van der Waals surface area contributed by atoms with E-state index in [2.05, 4.69) is 40.4 Å². The molecule has 0 saturated heterocycles. The first-order valence-electron chi connectivity index (χ1n) is 8.22. The maximum absolute atomic E-state index is 11.5. The van der Waals surface area contributed by atoms with Gasteiger partial charge in [-0.1, -0.05) is 84.0 Å². The molecule has 0 bridgehead atoms. The van der Waals surface area contributed by atoms with Crippen LogP contribution in [0.1, 0.15) is 30.9 Å². The van der Waals surface area contributed by atoms with Crippen molar-refractivity contribution < 1.29 is 4.79 Å². The number of hydrogen-bond acceptors (Lipinski definition) is 2. The molecule has 0 amide bonds. The number of ketones is 1. The fraction of sp³-hybridized carbons (Fsp3) is 0.190. The van der Waals surface area contributed by atoms with E-state index in [1.54, 1.807) is 19.1 Å². The topological polar surface area (TPSA) is 65.8 Å². The molecule has 4 nitrogen and oxygen atoms in total. The Morgan fingerprint density at radius 1 is 1.08 bits per heavy atom. The number of rotatable bonds is 8. The summed E-state index contributed by atoms with van der Waals surface area (Å²) in [5, 5.41) is 3.55. The molecule has 2 rings (SSSR count). The van der Waals surface area contributed by atoms with Crippen molar-refractivity contribution in [3.05, 3.63) is 88.3 Å². The summed E-state index contributed by atoms with van der Waals surface area (Å²) >= 11 is 0. The zero-order chi connectivity index (χ0) is 17.9. The van der Waals surface area contributed by atoms with Gasteiger partial charge in [-0.15, -0.1) is 0 Å². The molecule has 0 aliphatic rings. The van der Waals surface area contributed by atoms with Gasteiger partial charge in [-0.3, -0.25) is 0 Å². The number of benzene rings is 2. The van der Waals surface area contributed by atoms with Gasteiger partial charge in [-0.05, 0) is 35.9 Å². The molecule has 2 aromatic rings. The molecule has 1 unspecified atom stereocenters. The lowest BCUT2D eigenvalue weighted by Gasteiger charge is -2.08. The molecule has 0 aliphatic carbocycles. The largest absolute Gasteiger partial charge is 0.300 e. The van der Waals surface area contributed by atoms with Crippen LogP contribution in [0.3, 0.4) is 0 Å². The van der Waals surface area contributed by atoms with Crippen LogP contribution in [0.5, 0.6) is 0 Å². The molecule has 0 N–H and O–H groups in total. The summed E-state index contributed by atoms with van der Waals surface area (Å²) in [5.41, 5.74) is 11.2. The molecule has 0 heterocycles. The van der Waals surface area contributed by atoms with Crippen molar-refractivity contribution in [2.45, 2.75) is 19.8 Å². The predicted octanol–water partition coefficient (Wildman–Crippen LogP) is 6.34.